The zero-order chi connectivity index (χ0) is 20.4. The highest BCUT2D eigenvalue weighted by Crippen LogP contribution is 2.34. The molecule has 0 aromatic carbocycles. The van der Waals surface area contributed by atoms with Crippen LogP contribution in [0.15, 0.2) is 21.5 Å². The molecule has 1 amide bonds. The van der Waals surface area contributed by atoms with Gasteiger partial charge in [0.1, 0.15) is 5.76 Å². The fourth-order valence-corrected chi connectivity index (χ4v) is 2.10. The van der Waals surface area contributed by atoms with Crippen LogP contribution < -0.4 is 10.6 Å². The fraction of sp³-hybridized carbons (Fsp3) is 0.471. The minimum Gasteiger partial charge on any atom is -0.456 e. The van der Waals surface area contributed by atoms with E-state index in [2.05, 4.69) is 30.2 Å². The van der Waals surface area contributed by atoms with E-state index in [1.807, 2.05) is 20.8 Å². The summed E-state index contributed by atoms with van der Waals surface area (Å²) in [4.78, 5) is 16.7. The van der Waals surface area contributed by atoms with Gasteiger partial charge in [-0.05, 0) is 25.3 Å². The van der Waals surface area contributed by atoms with Crippen molar-refractivity contribution < 1.29 is 22.4 Å². The summed E-state index contributed by atoms with van der Waals surface area (Å²) in [6, 6.07) is 2.71. The number of carbonyl (C=O) groups excluding carboxylic acids is 1. The molecule has 10 heteroatoms. The maximum Gasteiger partial charge on any atom is 0.450 e. The Kier molecular flexibility index (Phi) is 5.67. The second-order valence-corrected chi connectivity index (χ2v) is 7.34. The number of aromatic nitrogens is 2. The number of carbonyl (C=O) groups is 1. The van der Waals surface area contributed by atoms with Gasteiger partial charge in [-0.25, -0.2) is 0 Å². The second-order valence-electron chi connectivity index (χ2n) is 7.34. The molecule has 2 rings (SSSR count). The number of rotatable bonds is 3. The second kappa shape index (κ2) is 7.45. The normalized spacial score (nSPS) is 13.0. The van der Waals surface area contributed by atoms with E-state index in [0.29, 0.717) is 12.4 Å². The Morgan fingerprint density at radius 1 is 1.26 bits per heavy atom. The van der Waals surface area contributed by atoms with Crippen LogP contribution in [0.3, 0.4) is 0 Å². The van der Waals surface area contributed by atoms with Crippen LogP contribution in [-0.2, 0) is 6.18 Å². The van der Waals surface area contributed by atoms with E-state index in [-0.39, 0.29) is 17.1 Å². The molecule has 2 aromatic heterocycles. The highest BCUT2D eigenvalue weighted by atomic mass is 19.4. The van der Waals surface area contributed by atoms with E-state index in [0.717, 1.165) is 11.8 Å². The average Bonchev–Trinajstić information content (AvgIpc) is 3.09. The Balaban J connectivity index is 2.28. The largest absolute Gasteiger partial charge is 0.456 e. The summed E-state index contributed by atoms with van der Waals surface area (Å²) in [6.07, 6.45) is -4.78. The molecule has 0 aliphatic rings. The Morgan fingerprint density at radius 2 is 1.93 bits per heavy atom. The van der Waals surface area contributed by atoms with Crippen LogP contribution in [0, 0.1) is 19.3 Å². The Bertz CT molecular complexity index is 844. The third-order valence-electron chi connectivity index (χ3n) is 3.25. The number of aryl methyl sites for hydroxylation is 2. The van der Waals surface area contributed by atoms with Gasteiger partial charge in [-0.1, -0.05) is 20.8 Å². The molecule has 7 nitrogen and oxygen atoms in total. The van der Waals surface area contributed by atoms with Gasteiger partial charge < -0.3 is 9.73 Å². The van der Waals surface area contributed by atoms with Crippen LogP contribution in [0.5, 0.6) is 0 Å². The molecule has 2 heterocycles. The molecule has 148 valence electrons. The smallest absolute Gasteiger partial charge is 0.450 e. The lowest BCUT2D eigenvalue weighted by atomic mass is 9.97. The van der Waals surface area contributed by atoms with Crippen molar-refractivity contribution in [2.24, 2.45) is 10.4 Å². The summed E-state index contributed by atoms with van der Waals surface area (Å²) in [7, 11) is 0. The third-order valence-corrected chi connectivity index (χ3v) is 3.25. The number of nitrogens with zero attached hydrogens (tertiary/aromatic N) is 2. The van der Waals surface area contributed by atoms with E-state index >= 15 is 0 Å². The fourth-order valence-electron chi connectivity index (χ4n) is 2.10. The van der Waals surface area contributed by atoms with E-state index in [4.69, 9.17) is 0 Å². The van der Waals surface area contributed by atoms with Crippen molar-refractivity contribution in [2.75, 3.05) is 11.9 Å². The lowest BCUT2D eigenvalue weighted by molar-refractivity contribution is -0.153. The maximum absolute atomic E-state index is 13.1. The number of alkyl halides is 3. The first kappa shape index (κ1) is 20.5. The van der Waals surface area contributed by atoms with Crippen molar-refractivity contribution in [3.05, 3.63) is 34.9 Å². The summed E-state index contributed by atoms with van der Waals surface area (Å²) in [5.74, 6) is -1.97. The molecule has 0 aliphatic carbocycles. The predicted molar refractivity (Wildman–Crippen MR) is 94.6 cm³/mol. The molecule has 0 unspecified atom stereocenters. The predicted octanol–water partition coefficient (Wildman–Crippen LogP) is 3.88. The summed E-state index contributed by atoms with van der Waals surface area (Å²) in [5.41, 5.74) is -0.0324. The molecule has 0 saturated carbocycles. The first-order chi connectivity index (χ1) is 12.3. The van der Waals surface area contributed by atoms with Crippen LogP contribution >= 0.6 is 0 Å². The lowest BCUT2D eigenvalue weighted by Crippen LogP contribution is -2.37. The molecule has 0 fully saturated rings. The highest BCUT2D eigenvalue weighted by Gasteiger charge is 2.40. The molecule has 0 saturated heterocycles. The topological polar surface area (TPSA) is 95.3 Å². The van der Waals surface area contributed by atoms with Crippen LogP contribution in [0.1, 0.15) is 48.3 Å². The van der Waals surface area contributed by atoms with Gasteiger partial charge in [0, 0.05) is 18.3 Å². The number of nitrogens with one attached hydrogen (secondary N) is 3. The summed E-state index contributed by atoms with van der Waals surface area (Å²) >= 11 is 0. The van der Waals surface area contributed by atoms with E-state index in [1.165, 1.54) is 6.92 Å². The average molecular weight is 385 g/mol. The van der Waals surface area contributed by atoms with Gasteiger partial charge in [0.15, 0.2) is 5.82 Å². The first-order valence-corrected chi connectivity index (χ1v) is 8.17. The lowest BCUT2D eigenvalue weighted by Gasteiger charge is -2.16. The van der Waals surface area contributed by atoms with Crippen molar-refractivity contribution in [1.82, 2.24) is 15.5 Å². The molecule has 0 bridgehead atoms. The molecule has 2 aromatic rings. The number of amides is 1. The minimum atomic E-state index is -4.78. The van der Waals surface area contributed by atoms with E-state index in [1.54, 1.807) is 13.0 Å². The van der Waals surface area contributed by atoms with Gasteiger partial charge in [0.25, 0.3) is 5.91 Å². The highest BCUT2D eigenvalue weighted by molar-refractivity contribution is 6.10. The number of aromatic amines is 1. The van der Waals surface area contributed by atoms with Crippen LogP contribution in [0.2, 0.25) is 0 Å². The van der Waals surface area contributed by atoms with Gasteiger partial charge >= 0.3 is 6.18 Å². The monoisotopic (exact) mass is 385 g/mol. The maximum atomic E-state index is 13.1. The standard InChI is InChI=1S/C17H22F3N5O2/c1-9-6-12(25-24-9)22-15(21-8-16(3,4)5)23-14(26)11-7-10(2)27-13(11)17(18,19)20/h6-7H,8H2,1-5H3,(H3,21,22,23,24,25,26). The quantitative estimate of drug-likeness (QED) is 0.552. The van der Waals surface area contributed by atoms with Crippen molar-refractivity contribution >= 4 is 17.7 Å². The zero-order valence-electron chi connectivity index (χ0n) is 15.7. The first-order valence-electron chi connectivity index (χ1n) is 8.17. The molecular weight excluding hydrogens is 363 g/mol. The van der Waals surface area contributed by atoms with Gasteiger partial charge in [0.2, 0.25) is 11.7 Å². The van der Waals surface area contributed by atoms with Crippen LogP contribution in [0.25, 0.3) is 0 Å². The minimum absolute atomic E-state index is 0.00611. The summed E-state index contributed by atoms with van der Waals surface area (Å²) in [6.45, 7) is 9.27. The number of hydrogen-bond acceptors (Lipinski definition) is 4. The van der Waals surface area contributed by atoms with Gasteiger partial charge in [-0.15, -0.1) is 0 Å². The van der Waals surface area contributed by atoms with Crippen LogP contribution in [-0.4, -0.2) is 28.6 Å². The molecule has 0 radical (unpaired) electrons. The van der Waals surface area contributed by atoms with E-state index in [9.17, 15) is 18.0 Å². The molecular formula is C17H22F3N5O2. The number of anilines is 1. The zero-order valence-corrected chi connectivity index (χ0v) is 15.7. The molecule has 27 heavy (non-hydrogen) atoms. The Hall–Kier alpha value is -2.78. The Morgan fingerprint density at radius 3 is 2.44 bits per heavy atom. The van der Waals surface area contributed by atoms with Crippen molar-refractivity contribution in [3.8, 4) is 0 Å². The van der Waals surface area contributed by atoms with E-state index < -0.39 is 23.4 Å². The molecule has 3 N–H and O–H groups in total. The van der Waals surface area contributed by atoms with Gasteiger partial charge in [-0.2, -0.15) is 18.3 Å². The number of H-pyrrole nitrogens is 1. The summed E-state index contributed by atoms with van der Waals surface area (Å²) < 4.78 is 43.9. The Labute approximate surface area is 154 Å². The molecule has 0 spiro atoms. The number of guanidine groups is 1. The van der Waals surface area contributed by atoms with Crippen molar-refractivity contribution in [2.45, 2.75) is 40.8 Å². The number of furan rings is 1. The van der Waals surface area contributed by atoms with Crippen molar-refractivity contribution in [3.63, 3.8) is 0 Å². The third kappa shape index (κ3) is 5.87. The van der Waals surface area contributed by atoms with Gasteiger partial charge in [-0.3, -0.25) is 20.2 Å². The molecule has 0 atom stereocenters. The number of aliphatic imine (C=N–C) groups is 1. The number of hydrogen-bond donors (Lipinski definition) is 3. The SMILES string of the molecule is Cc1cc(NC(=NCC(C)(C)C)NC(=O)c2cc(C)oc2C(F)(F)F)n[nH]1. The summed E-state index contributed by atoms with van der Waals surface area (Å²) in [5, 5.41) is 11.9. The van der Waals surface area contributed by atoms with Gasteiger partial charge in [0.05, 0.1) is 5.56 Å². The van der Waals surface area contributed by atoms with Crippen molar-refractivity contribution in [1.29, 1.82) is 0 Å². The molecule has 0 aliphatic heterocycles. The number of halogens is 3. The van der Waals surface area contributed by atoms with Crippen LogP contribution in [0.4, 0.5) is 19.0 Å².